The second kappa shape index (κ2) is 8.60. The summed E-state index contributed by atoms with van der Waals surface area (Å²) in [6, 6.07) is 19.4. The number of ether oxygens (including phenoxy) is 1. The van der Waals surface area contributed by atoms with Crippen LogP contribution in [0.4, 0.5) is 0 Å². The van der Waals surface area contributed by atoms with Gasteiger partial charge < -0.3 is 10.1 Å². The minimum atomic E-state index is 0.260. The Morgan fingerprint density at radius 2 is 1.73 bits per heavy atom. The van der Waals surface area contributed by atoms with Crippen LogP contribution in [0.25, 0.3) is 0 Å². The lowest BCUT2D eigenvalue weighted by Gasteiger charge is -2.18. The normalized spacial score (nSPS) is 13.6. The van der Waals surface area contributed by atoms with Crippen LogP contribution in [-0.4, -0.2) is 6.10 Å². The average molecular weight is 297 g/mol. The Hall–Kier alpha value is -1.80. The molecule has 0 fully saturated rings. The van der Waals surface area contributed by atoms with E-state index in [-0.39, 0.29) is 6.10 Å². The molecule has 0 radical (unpaired) electrons. The molecule has 2 aromatic rings. The van der Waals surface area contributed by atoms with Crippen LogP contribution in [0.5, 0.6) is 5.75 Å². The fourth-order valence-electron chi connectivity index (χ4n) is 2.47. The van der Waals surface area contributed by atoms with E-state index >= 15 is 0 Å². The maximum Gasteiger partial charge on any atom is 0.120 e. The van der Waals surface area contributed by atoms with Gasteiger partial charge in [-0.3, -0.25) is 0 Å². The van der Waals surface area contributed by atoms with Gasteiger partial charge >= 0.3 is 0 Å². The van der Waals surface area contributed by atoms with Crippen LogP contribution in [0.2, 0.25) is 0 Å². The molecule has 0 saturated carbocycles. The largest absolute Gasteiger partial charge is 0.491 e. The molecule has 2 heteroatoms. The van der Waals surface area contributed by atoms with E-state index in [9.17, 15) is 0 Å². The van der Waals surface area contributed by atoms with Crippen molar-refractivity contribution in [1.29, 1.82) is 0 Å². The van der Waals surface area contributed by atoms with Gasteiger partial charge in [-0.25, -0.2) is 0 Å². The lowest BCUT2D eigenvalue weighted by molar-refractivity contribution is 0.217. The first-order valence-electron chi connectivity index (χ1n) is 8.26. The number of benzene rings is 2. The second-order valence-electron chi connectivity index (χ2n) is 5.74. The summed E-state index contributed by atoms with van der Waals surface area (Å²) in [5.74, 6) is 0.960. The molecule has 0 aromatic heterocycles. The number of nitrogens with one attached hydrogen (secondary N) is 1. The molecule has 2 atom stereocenters. The van der Waals surface area contributed by atoms with Crippen LogP contribution in [0.15, 0.2) is 54.6 Å². The number of hydrogen-bond acceptors (Lipinski definition) is 2. The molecule has 0 heterocycles. The van der Waals surface area contributed by atoms with Crippen LogP contribution >= 0.6 is 0 Å². The number of hydrogen-bond donors (Lipinski definition) is 1. The zero-order valence-electron chi connectivity index (χ0n) is 13.9. The minimum Gasteiger partial charge on any atom is -0.491 e. The molecule has 0 saturated heterocycles. The summed E-state index contributed by atoms with van der Waals surface area (Å²) in [4.78, 5) is 0. The van der Waals surface area contributed by atoms with Gasteiger partial charge in [0.2, 0.25) is 0 Å². The van der Waals surface area contributed by atoms with Crippen molar-refractivity contribution in [2.75, 3.05) is 0 Å². The van der Waals surface area contributed by atoms with E-state index in [1.165, 1.54) is 11.1 Å². The van der Waals surface area contributed by atoms with E-state index in [1.54, 1.807) is 0 Å². The molecule has 2 unspecified atom stereocenters. The Bertz CT molecular complexity index is 553. The molecule has 118 valence electrons. The quantitative estimate of drug-likeness (QED) is 0.731. The molecule has 22 heavy (non-hydrogen) atoms. The summed E-state index contributed by atoms with van der Waals surface area (Å²) >= 11 is 0. The third kappa shape index (κ3) is 4.88. The molecule has 0 spiro atoms. The Morgan fingerprint density at radius 3 is 2.41 bits per heavy atom. The van der Waals surface area contributed by atoms with E-state index in [0.717, 1.165) is 25.1 Å². The predicted octanol–water partition coefficient (Wildman–Crippen LogP) is 5.10. The van der Waals surface area contributed by atoms with Gasteiger partial charge in [0, 0.05) is 12.6 Å². The third-order valence-electron chi connectivity index (χ3n) is 3.97. The Morgan fingerprint density at radius 1 is 0.955 bits per heavy atom. The Labute approximate surface area is 134 Å². The summed E-state index contributed by atoms with van der Waals surface area (Å²) < 4.78 is 5.89. The monoisotopic (exact) mass is 297 g/mol. The maximum absolute atomic E-state index is 5.89. The fraction of sp³-hybridized carbons (Fsp3) is 0.400. The van der Waals surface area contributed by atoms with Gasteiger partial charge in [0.25, 0.3) is 0 Å². The number of rotatable bonds is 8. The van der Waals surface area contributed by atoms with Crippen LogP contribution in [0.3, 0.4) is 0 Å². The molecule has 0 aliphatic carbocycles. The van der Waals surface area contributed by atoms with Crippen molar-refractivity contribution in [3.63, 3.8) is 0 Å². The van der Waals surface area contributed by atoms with E-state index < -0.39 is 0 Å². The average Bonchev–Trinajstić information content (AvgIpc) is 2.56. The molecular weight excluding hydrogens is 270 g/mol. The van der Waals surface area contributed by atoms with Crippen molar-refractivity contribution >= 4 is 0 Å². The zero-order chi connectivity index (χ0) is 15.8. The predicted molar refractivity (Wildman–Crippen MR) is 93.1 cm³/mol. The first kappa shape index (κ1) is 16.6. The van der Waals surface area contributed by atoms with Gasteiger partial charge in [0.1, 0.15) is 5.75 Å². The van der Waals surface area contributed by atoms with Crippen molar-refractivity contribution in [2.24, 2.45) is 0 Å². The van der Waals surface area contributed by atoms with E-state index in [4.69, 9.17) is 4.74 Å². The molecule has 0 aliphatic heterocycles. The van der Waals surface area contributed by atoms with Gasteiger partial charge in [0.05, 0.1) is 6.10 Å². The van der Waals surface area contributed by atoms with Crippen LogP contribution in [0.1, 0.15) is 50.8 Å². The summed E-state index contributed by atoms with van der Waals surface area (Å²) in [5, 5.41) is 3.64. The molecule has 0 bridgehead atoms. The topological polar surface area (TPSA) is 21.3 Å². The fourth-order valence-corrected chi connectivity index (χ4v) is 2.47. The molecule has 0 aliphatic rings. The van der Waals surface area contributed by atoms with Crippen molar-refractivity contribution < 1.29 is 4.74 Å². The van der Waals surface area contributed by atoms with Crippen molar-refractivity contribution in [3.8, 4) is 5.75 Å². The van der Waals surface area contributed by atoms with Gasteiger partial charge in [0.15, 0.2) is 0 Å². The zero-order valence-corrected chi connectivity index (χ0v) is 13.9. The van der Waals surface area contributed by atoms with E-state index in [1.807, 2.05) is 6.07 Å². The highest BCUT2D eigenvalue weighted by Gasteiger charge is 2.08. The van der Waals surface area contributed by atoms with Crippen LogP contribution in [-0.2, 0) is 6.54 Å². The van der Waals surface area contributed by atoms with E-state index in [2.05, 4.69) is 74.6 Å². The summed E-state index contributed by atoms with van der Waals surface area (Å²) in [6.07, 6.45) is 2.36. The molecule has 0 amide bonds. The smallest absolute Gasteiger partial charge is 0.120 e. The first-order chi connectivity index (χ1) is 10.7. The molecule has 1 N–H and O–H groups in total. The van der Waals surface area contributed by atoms with Crippen LogP contribution in [0, 0.1) is 0 Å². The Balaban J connectivity index is 1.97. The minimum absolute atomic E-state index is 0.260. The maximum atomic E-state index is 5.89. The summed E-state index contributed by atoms with van der Waals surface area (Å²) in [5.41, 5.74) is 2.60. The molecule has 2 nitrogen and oxygen atoms in total. The Kier molecular flexibility index (Phi) is 6.47. The molecule has 2 rings (SSSR count). The van der Waals surface area contributed by atoms with Gasteiger partial charge in [-0.15, -0.1) is 0 Å². The van der Waals surface area contributed by atoms with Gasteiger partial charge in [-0.2, -0.15) is 0 Å². The van der Waals surface area contributed by atoms with Crippen molar-refractivity contribution in [2.45, 2.75) is 52.3 Å². The van der Waals surface area contributed by atoms with Crippen molar-refractivity contribution in [1.82, 2.24) is 5.32 Å². The van der Waals surface area contributed by atoms with Crippen LogP contribution < -0.4 is 10.1 Å². The lowest BCUT2D eigenvalue weighted by Crippen LogP contribution is -2.20. The second-order valence-corrected chi connectivity index (χ2v) is 5.74. The summed E-state index contributed by atoms with van der Waals surface area (Å²) in [7, 11) is 0. The molecular formula is C20H27NO. The van der Waals surface area contributed by atoms with Gasteiger partial charge in [-0.1, -0.05) is 56.3 Å². The highest BCUT2D eigenvalue weighted by Crippen LogP contribution is 2.19. The van der Waals surface area contributed by atoms with E-state index in [0.29, 0.717) is 6.04 Å². The lowest BCUT2D eigenvalue weighted by atomic mass is 10.0. The SMILES string of the molecule is CCC(C)Oc1cccc(CNC(CC)c2ccccc2)c1. The van der Waals surface area contributed by atoms with Crippen molar-refractivity contribution in [3.05, 3.63) is 65.7 Å². The first-order valence-corrected chi connectivity index (χ1v) is 8.26. The van der Waals surface area contributed by atoms with Gasteiger partial charge in [-0.05, 0) is 43.0 Å². The summed E-state index contributed by atoms with van der Waals surface area (Å²) in [6.45, 7) is 7.31. The standard InChI is InChI=1S/C20H27NO/c1-4-16(3)22-19-13-9-10-17(14-19)15-21-20(5-2)18-11-7-6-8-12-18/h6-14,16,20-21H,4-5,15H2,1-3H3. The molecule has 2 aromatic carbocycles. The highest BCUT2D eigenvalue weighted by atomic mass is 16.5. The highest BCUT2D eigenvalue weighted by molar-refractivity contribution is 5.29. The third-order valence-corrected chi connectivity index (χ3v) is 3.97.